The van der Waals surface area contributed by atoms with Gasteiger partial charge in [0, 0.05) is 12.7 Å². The van der Waals surface area contributed by atoms with Gasteiger partial charge in [0.25, 0.3) is 5.91 Å². The average Bonchev–Trinajstić information content (AvgIpc) is 2.54. The molecular formula is C14H18N2O7. The van der Waals surface area contributed by atoms with E-state index in [2.05, 4.69) is 10.5 Å². The van der Waals surface area contributed by atoms with E-state index in [-0.39, 0.29) is 5.75 Å². The molecule has 9 nitrogen and oxygen atoms in total. The summed E-state index contributed by atoms with van der Waals surface area (Å²) in [5, 5.41) is 42.3. The molecule has 0 spiro atoms. The Morgan fingerprint density at radius 1 is 1.26 bits per heavy atom. The standard InChI is InChI=1S/C14H18N2O7/c1-22-14-11(20)9(18)10(19)12(23-14)13(21)16-15-6-7-4-2-3-5-8(7)17/h2-6,9-12,14,17-20H,1H3,(H,16,21)/b15-6+/t9-,10-,11+,12-,14-/m0/s1. The number of phenolic OH excluding ortho intramolecular Hbond substituents is 1. The largest absolute Gasteiger partial charge is 0.507 e. The Hall–Kier alpha value is -2.04. The molecule has 1 aliphatic rings. The molecule has 1 amide bonds. The van der Waals surface area contributed by atoms with Gasteiger partial charge in [-0.2, -0.15) is 5.10 Å². The zero-order chi connectivity index (χ0) is 17.0. The number of hydrogen-bond donors (Lipinski definition) is 5. The van der Waals surface area contributed by atoms with E-state index in [0.717, 1.165) is 0 Å². The molecule has 23 heavy (non-hydrogen) atoms. The van der Waals surface area contributed by atoms with Gasteiger partial charge < -0.3 is 29.9 Å². The number of phenols is 1. The van der Waals surface area contributed by atoms with Crippen molar-refractivity contribution in [3.05, 3.63) is 29.8 Å². The fraction of sp³-hybridized carbons (Fsp3) is 0.429. The predicted molar refractivity (Wildman–Crippen MR) is 77.5 cm³/mol. The number of para-hydroxylation sites is 1. The number of aliphatic hydroxyl groups is 3. The van der Waals surface area contributed by atoms with E-state index in [1.165, 1.54) is 19.4 Å². The van der Waals surface area contributed by atoms with Crippen LogP contribution in [-0.2, 0) is 14.3 Å². The quantitative estimate of drug-likeness (QED) is 0.328. The van der Waals surface area contributed by atoms with Crippen molar-refractivity contribution in [3.63, 3.8) is 0 Å². The maximum atomic E-state index is 12.0. The van der Waals surface area contributed by atoms with Gasteiger partial charge >= 0.3 is 0 Å². The van der Waals surface area contributed by atoms with Crippen molar-refractivity contribution in [1.29, 1.82) is 0 Å². The van der Waals surface area contributed by atoms with Gasteiger partial charge in [0.2, 0.25) is 0 Å². The molecule has 126 valence electrons. The van der Waals surface area contributed by atoms with Crippen molar-refractivity contribution in [1.82, 2.24) is 5.43 Å². The summed E-state index contributed by atoms with van der Waals surface area (Å²) in [7, 11) is 1.23. The molecule has 2 rings (SSSR count). The summed E-state index contributed by atoms with van der Waals surface area (Å²) >= 11 is 0. The van der Waals surface area contributed by atoms with Crippen LogP contribution in [0.4, 0.5) is 0 Å². The van der Waals surface area contributed by atoms with Gasteiger partial charge in [-0.3, -0.25) is 4.79 Å². The number of carbonyl (C=O) groups excluding carboxylic acids is 1. The lowest BCUT2D eigenvalue weighted by Crippen LogP contribution is -2.61. The van der Waals surface area contributed by atoms with E-state index < -0.39 is 36.6 Å². The van der Waals surface area contributed by atoms with Crippen molar-refractivity contribution in [2.45, 2.75) is 30.7 Å². The predicted octanol–water partition coefficient (Wildman–Crippen LogP) is -1.70. The van der Waals surface area contributed by atoms with Crippen LogP contribution in [0.2, 0.25) is 0 Å². The number of nitrogens with zero attached hydrogens (tertiary/aromatic N) is 1. The number of rotatable bonds is 4. The SMILES string of the molecule is CO[C@H]1O[C@H](C(=O)N/N=C/c2ccccc2O)[C@@H](O)[C@H](O)[C@H]1O. The van der Waals surface area contributed by atoms with E-state index in [0.29, 0.717) is 5.56 Å². The molecule has 5 N–H and O–H groups in total. The highest BCUT2D eigenvalue weighted by atomic mass is 16.7. The molecule has 9 heteroatoms. The maximum absolute atomic E-state index is 12.0. The molecule has 0 bridgehead atoms. The number of ether oxygens (including phenoxy) is 2. The molecule has 0 unspecified atom stereocenters. The maximum Gasteiger partial charge on any atom is 0.272 e. The number of amides is 1. The van der Waals surface area contributed by atoms with Crippen LogP contribution in [-0.4, -0.2) is 70.4 Å². The molecule has 1 saturated heterocycles. The molecule has 0 radical (unpaired) electrons. The van der Waals surface area contributed by atoms with Gasteiger partial charge in [0.1, 0.15) is 24.1 Å². The first kappa shape index (κ1) is 17.3. The number of hydrazone groups is 1. The summed E-state index contributed by atoms with van der Waals surface area (Å²) in [5.41, 5.74) is 2.50. The lowest BCUT2D eigenvalue weighted by molar-refractivity contribution is -0.283. The fourth-order valence-corrected chi connectivity index (χ4v) is 2.09. The highest BCUT2D eigenvalue weighted by Gasteiger charge is 2.46. The van der Waals surface area contributed by atoms with Crippen LogP contribution in [0.15, 0.2) is 29.4 Å². The molecule has 1 fully saturated rings. The van der Waals surface area contributed by atoms with Crippen molar-refractivity contribution in [2.24, 2.45) is 5.10 Å². The number of hydrogen-bond acceptors (Lipinski definition) is 8. The molecule has 1 aromatic carbocycles. The minimum Gasteiger partial charge on any atom is -0.507 e. The topological polar surface area (TPSA) is 141 Å². The third-order valence-electron chi connectivity index (χ3n) is 3.38. The van der Waals surface area contributed by atoms with Gasteiger partial charge in [-0.25, -0.2) is 5.43 Å². The van der Waals surface area contributed by atoms with E-state index in [1.807, 2.05) is 0 Å². The molecule has 0 aromatic heterocycles. The van der Waals surface area contributed by atoms with Crippen LogP contribution in [0.25, 0.3) is 0 Å². The summed E-state index contributed by atoms with van der Waals surface area (Å²) in [6, 6.07) is 6.35. The van der Waals surface area contributed by atoms with Crippen LogP contribution in [0.1, 0.15) is 5.56 Å². The molecular weight excluding hydrogens is 308 g/mol. The van der Waals surface area contributed by atoms with Crippen molar-refractivity contribution >= 4 is 12.1 Å². The Morgan fingerprint density at radius 3 is 2.61 bits per heavy atom. The molecule has 0 saturated carbocycles. The number of nitrogens with one attached hydrogen (secondary N) is 1. The van der Waals surface area contributed by atoms with Crippen LogP contribution >= 0.6 is 0 Å². The number of benzene rings is 1. The van der Waals surface area contributed by atoms with Gasteiger partial charge in [-0.15, -0.1) is 0 Å². The Kier molecular flexibility index (Phi) is 5.64. The lowest BCUT2D eigenvalue weighted by atomic mass is 9.98. The first-order valence-corrected chi connectivity index (χ1v) is 6.79. The molecule has 5 atom stereocenters. The van der Waals surface area contributed by atoms with Crippen LogP contribution in [0, 0.1) is 0 Å². The van der Waals surface area contributed by atoms with Crippen LogP contribution in [0.5, 0.6) is 5.75 Å². The van der Waals surface area contributed by atoms with E-state index in [9.17, 15) is 25.2 Å². The number of carbonyl (C=O) groups is 1. The van der Waals surface area contributed by atoms with Gasteiger partial charge in [-0.1, -0.05) is 12.1 Å². The lowest BCUT2D eigenvalue weighted by Gasteiger charge is -2.38. The van der Waals surface area contributed by atoms with Crippen molar-refractivity contribution in [2.75, 3.05) is 7.11 Å². The highest BCUT2D eigenvalue weighted by Crippen LogP contribution is 2.21. The molecule has 0 aliphatic carbocycles. The molecule has 1 aliphatic heterocycles. The van der Waals surface area contributed by atoms with Crippen LogP contribution < -0.4 is 5.43 Å². The fourth-order valence-electron chi connectivity index (χ4n) is 2.09. The Labute approximate surface area is 131 Å². The number of aromatic hydroxyl groups is 1. The van der Waals surface area contributed by atoms with Gasteiger partial charge in [0.05, 0.1) is 6.21 Å². The minimum atomic E-state index is -1.64. The minimum absolute atomic E-state index is 0.0163. The van der Waals surface area contributed by atoms with Crippen LogP contribution in [0.3, 0.4) is 0 Å². The summed E-state index contributed by atoms with van der Waals surface area (Å²) in [5.74, 6) is -0.852. The molecule has 1 aromatic rings. The molecule has 1 heterocycles. The monoisotopic (exact) mass is 326 g/mol. The second-order valence-corrected chi connectivity index (χ2v) is 4.93. The normalized spacial score (nSPS) is 31.2. The summed E-state index contributed by atoms with van der Waals surface area (Å²) in [4.78, 5) is 12.0. The average molecular weight is 326 g/mol. The summed E-state index contributed by atoms with van der Waals surface area (Å²) < 4.78 is 9.90. The second kappa shape index (κ2) is 7.49. The number of methoxy groups -OCH3 is 1. The zero-order valence-electron chi connectivity index (χ0n) is 12.2. The van der Waals surface area contributed by atoms with Gasteiger partial charge in [0.15, 0.2) is 12.4 Å². The summed E-state index contributed by atoms with van der Waals surface area (Å²) in [6.07, 6.45) is -6.25. The van der Waals surface area contributed by atoms with E-state index in [4.69, 9.17) is 9.47 Å². The third kappa shape index (κ3) is 3.84. The zero-order valence-corrected chi connectivity index (χ0v) is 12.2. The van der Waals surface area contributed by atoms with Crippen molar-refractivity contribution < 1.29 is 34.7 Å². The highest BCUT2D eigenvalue weighted by molar-refractivity contribution is 5.86. The van der Waals surface area contributed by atoms with E-state index in [1.54, 1.807) is 18.2 Å². The smallest absolute Gasteiger partial charge is 0.272 e. The Balaban J connectivity index is 2.01. The Morgan fingerprint density at radius 2 is 1.96 bits per heavy atom. The first-order valence-electron chi connectivity index (χ1n) is 6.79. The van der Waals surface area contributed by atoms with E-state index >= 15 is 0 Å². The summed E-state index contributed by atoms with van der Waals surface area (Å²) in [6.45, 7) is 0. The number of aliphatic hydroxyl groups excluding tert-OH is 3. The second-order valence-electron chi connectivity index (χ2n) is 4.93. The Bertz CT molecular complexity index is 578. The third-order valence-corrected chi connectivity index (χ3v) is 3.38. The van der Waals surface area contributed by atoms with Gasteiger partial charge in [-0.05, 0) is 12.1 Å². The van der Waals surface area contributed by atoms with Crippen molar-refractivity contribution in [3.8, 4) is 5.75 Å². The first-order chi connectivity index (χ1) is 11.0.